The monoisotopic (exact) mass is 324 g/mol. The summed E-state index contributed by atoms with van der Waals surface area (Å²) in [5.41, 5.74) is 0.333. The lowest BCUT2D eigenvalue weighted by atomic mass is 9.79. The van der Waals surface area contributed by atoms with Gasteiger partial charge in [0.15, 0.2) is 5.78 Å². The van der Waals surface area contributed by atoms with Crippen molar-refractivity contribution in [3.8, 4) is 5.75 Å². The fourth-order valence-electron chi connectivity index (χ4n) is 2.79. The van der Waals surface area contributed by atoms with Crippen LogP contribution in [0.5, 0.6) is 5.75 Å². The predicted molar refractivity (Wildman–Crippen MR) is 76.3 cm³/mol. The first-order valence-corrected chi connectivity index (χ1v) is 7.28. The Bertz CT molecular complexity index is 510. The molecule has 0 heterocycles. The molecular formula is C15H17BrO3. The zero-order chi connectivity index (χ0) is 14.0. The number of rotatable bonds is 3. The van der Waals surface area contributed by atoms with E-state index in [4.69, 9.17) is 0 Å². The van der Waals surface area contributed by atoms with Gasteiger partial charge in [0.05, 0.1) is 5.56 Å². The van der Waals surface area contributed by atoms with Gasteiger partial charge in [-0.05, 0) is 36.5 Å². The average molecular weight is 325 g/mol. The molecule has 0 aliphatic heterocycles. The van der Waals surface area contributed by atoms with E-state index in [2.05, 4.69) is 15.9 Å². The minimum atomic E-state index is -0.0919. The minimum absolute atomic E-state index is 0.00313. The summed E-state index contributed by atoms with van der Waals surface area (Å²) in [5.74, 6) is 0.626. The fraction of sp³-hybridized carbons (Fsp3) is 0.467. The summed E-state index contributed by atoms with van der Waals surface area (Å²) in [6.45, 7) is 2.05. The highest BCUT2D eigenvalue weighted by molar-refractivity contribution is 9.10. The Morgan fingerprint density at radius 3 is 2.84 bits per heavy atom. The third kappa shape index (κ3) is 3.66. The number of carbonyl (C=O) groups excluding carboxylic acids is 2. The highest BCUT2D eigenvalue weighted by Gasteiger charge is 2.27. The number of benzene rings is 1. The van der Waals surface area contributed by atoms with Crippen LogP contribution in [0.25, 0.3) is 0 Å². The number of phenolic OH excluding ortho intramolecular Hbond substituents is 1. The van der Waals surface area contributed by atoms with Gasteiger partial charge in [0, 0.05) is 23.7 Å². The van der Waals surface area contributed by atoms with Crippen molar-refractivity contribution in [2.75, 3.05) is 0 Å². The molecule has 0 saturated heterocycles. The van der Waals surface area contributed by atoms with E-state index in [1.54, 1.807) is 12.1 Å². The van der Waals surface area contributed by atoms with Crippen LogP contribution in [-0.2, 0) is 4.79 Å². The van der Waals surface area contributed by atoms with E-state index >= 15 is 0 Å². The molecule has 1 N–H and O–H groups in total. The van der Waals surface area contributed by atoms with Crippen molar-refractivity contribution < 1.29 is 14.7 Å². The topological polar surface area (TPSA) is 54.4 Å². The fourth-order valence-corrected chi connectivity index (χ4v) is 3.15. The summed E-state index contributed by atoms with van der Waals surface area (Å²) in [4.78, 5) is 23.8. The Hall–Kier alpha value is -1.16. The minimum Gasteiger partial charge on any atom is -0.507 e. The SMILES string of the molecule is CC1CC(=O)CC(CC(=O)c2cc(Br)ccc2O)C1. The Labute approximate surface area is 121 Å². The van der Waals surface area contributed by atoms with Crippen molar-refractivity contribution in [3.63, 3.8) is 0 Å². The highest BCUT2D eigenvalue weighted by Crippen LogP contribution is 2.31. The molecule has 1 aromatic rings. The van der Waals surface area contributed by atoms with Gasteiger partial charge < -0.3 is 5.11 Å². The van der Waals surface area contributed by atoms with E-state index in [0.29, 0.717) is 30.7 Å². The maximum Gasteiger partial charge on any atom is 0.166 e. The molecule has 2 rings (SSSR count). The van der Waals surface area contributed by atoms with Crippen molar-refractivity contribution >= 4 is 27.5 Å². The summed E-state index contributed by atoms with van der Waals surface area (Å²) >= 11 is 3.29. The molecular weight excluding hydrogens is 308 g/mol. The van der Waals surface area contributed by atoms with Crippen LogP contribution in [0, 0.1) is 11.8 Å². The smallest absolute Gasteiger partial charge is 0.166 e. The van der Waals surface area contributed by atoms with Crippen molar-refractivity contribution in [1.29, 1.82) is 0 Å². The molecule has 0 aromatic heterocycles. The molecule has 0 radical (unpaired) electrons. The van der Waals surface area contributed by atoms with Gasteiger partial charge in [-0.3, -0.25) is 9.59 Å². The van der Waals surface area contributed by atoms with E-state index in [9.17, 15) is 14.7 Å². The Morgan fingerprint density at radius 1 is 1.42 bits per heavy atom. The average Bonchev–Trinajstić information content (AvgIpc) is 2.30. The van der Waals surface area contributed by atoms with Crippen molar-refractivity contribution in [1.82, 2.24) is 0 Å². The number of carbonyl (C=O) groups is 2. The molecule has 2 unspecified atom stereocenters. The standard InChI is InChI=1S/C15H17BrO3/c1-9-4-10(6-12(17)5-9)7-15(19)13-8-11(16)2-3-14(13)18/h2-3,8-10,18H,4-7H2,1H3. The van der Waals surface area contributed by atoms with Crippen molar-refractivity contribution in [2.24, 2.45) is 11.8 Å². The number of hydrogen-bond donors (Lipinski definition) is 1. The molecule has 3 nitrogen and oxygen atoms in total. The van der Waals surface area contributed by atoms with Gasteiger partial charge in [0.25, 0.3) is 0 Å². The molecule has 2 atom stereocenters. The molecule has 0 amide bonds. The normalized spacial score (nSPS) is 23.4. The van der Waals surface area contributed by atoms with E-state index in [0.717, 1.165) is 10.9 Å². The van der Waals surface area contributed by atoms with E-state index < -0.39 is 0 Å². The van der Waals surface area contributed by atoms with Gasteiger partial charge in [-0.2, -0.15) is 0 Å². The molecule has 102 valence electrons. The van der Waals surface area contributed by atoms with Gasteiger partial charge >= 0.3 is 0 Å². The molecule has 0 spiro atoms. The second kappa shape index (κ2) is 5.87. The van der Waals surface area contributed by atoms with Crippen LogP contribution in [0.4, 0.5) is 0 Å². The third-order valence-corrected chi connectivity index (χ3v) is 4.05. The number of Topliss-reactive ketones (excluding diaryl/α,β-unsaturated/α-hetero) is 2. The molecule has 1 aliphatic carbocycles. The van der Waals surface area contributed by atoms with E-state index in [1.807, 2.05) is 6.92 Å². The highest BCUT2D eigenvalue weighted by atomic mass is 79.9. The number of ketones is 2. The lowest BCUT2D eigenvalue weighted by Crippen LogP contribution is -2.23. The quantitative estimate of drug-likeness (QED) is 0.862. The van der Waals surface area contributed by atoms with Crippen molar-refractivity contribution in [2.45, 2.75) is 32.6 Å². The molecule has 1 aromatic carbocycles. The number of aromatic hydroxyl groups is 1. The van der Waals surface area contributed by atoms with E-state index in [-0.39, 0.29) is 23.2 Å². The van der Waals surface area contributed by atoms with Gasteiger partial charge in [-0.15, -0.1) is 0 Å². The lowest BCUT2D eigenvalue weighted by molar-refractivity contribution is -0.122. The molecule has 1 saturated carbocycles. The maximum atomic E-state index is 12.2. The third-order valence-electron chi connectivity index (χ3n) is 3.56. The largest absolute Gasteiger partial charge is 0.507 e. The second-order valence-corrected chi connectivity index (χ2v) is 6.36. The summed E-state index contributed by atoms with van der Waals surface area (Å²) < 4.78 is 0.765. The van der Waals surface area contributed by atoms with Crippen LogP contribution in [0.1, 0.15) is 43.0 Å². The zero-order valence-corrected chi connectivity index (χ0v) is 12.4. The van der Waals surface area contributed by atoms with Crippen LogP contribution in [-0.4, -0.2) is 16.7 Å². The maximum absolute atomic E-state index is 12.2. The summed E-state index contributed by atoms with van der Waals surface area (Å²) in [5, 5.41) is 9.73. The van der Waals surface area contributed by atoms with Gasteiger partial charge in [0.2, 0.25) is 0 Å². The first-order chi connectivity index (χ1) is 8.95. The number of hydrogen-bond acceptors (Lipinski definition) is 3. The second-order valence-electron chi connectivity index (χ2n) is 5.44. The Kier molecular flexibility index (Phi) is 4.40. The van der Waals surface area contributed by atoms with E-state index in [1.165, 1.54) is 6.07 Å². The Morgan fingerprint density at radius 2 is 2.16 bits per heavy atom. The first kappa shape index (κ1) is 14.3. The molecule has 4 heteroatoms. The zero-order valence-electron chi connectivity index (χ0n) is 10.9. The van der Waals surface area contributed by atoms with Crippen LogP contribution in [0.3, 0.4) is 0 Å². The first-order valence-electron chi connectivity index (χ1n) is 6.49. The van der Waals surface area contributed by atoms with Crippen LogP contribution in [0.15, 0.2) is 22.7 Å². The number of halogens is 1. The summed E-state index contributed by atoms with van der Waals surface area (Å²) in [6.07, 6.45) is 2.37. The molecule has 1 aliphatic rings. The van der Waals surface area contributed by atoms with Crippen LogP contribution in [0.2, 0.25) is 0 Å². The number of phenols is 1. The van der Waals surface area contributed by atoms with Gasteiger partial charge in [-0.1, -0.05) is 22.9 Å². The van der Waals surface area contributed by atoms with Crippen LogP contribution < -0.4 is 0 Å². The molecule has 19 heavy (non-hydrogen) atoms. The van der Waals surface area contributed by atoms with Crippen molar-refractivity contribution in [3.05, 3.63) is 28.2 Å². The van der Waals surface area contributed by atoms with Gasteiger partial charge in [0.1, 0.15) is 11.5 Å². The Balaban J connectivity index is 2.08. The van der Waals surface area contributed by atoms with Crippen LogP contribution >= 0.6 is 15.9 Å². The molecule has 1 fully saturated rings. The summed E-state index contributed by atoms with van der Waals surface area (Å²) in [7, 11) is 0. The summed E-state index contributed by atoms with van der Waals surface area (Å²) in [6, 6.07) is 4.83. The predicted octanol–water partition coefficient (Wildman–Crippen LogP) is 3.73. The van der Waals surface area contributed by atoms with Gasteiger partial charge in [-0.25, -0.2) is 0 Å². The molecule has 0 bridgehead atoms. The lowest BCUT2D eigenvalue weighted by Gasteiger charge is -2.25.